The van der Waals surface area contributed by atoms with Crippen LogP contribution in [0.3, 0.4) is 0 Å². The van der Waals surface area contributed by atoms with Gasteiger partial charge in [-0.15, -0.1) is 0 Å². The monoisotopic (exact) mass is 286 g/mol. The molecule has 86 valence electrons. The zero-order chi connectivity index (χ0) is 11.2. The van der Waals surface area contributed by atoms with Gasteiger partial charge in [0.1, 0.15) is 5.82 Å². The SMILES string of the molecule is Fc1ccc(Br)cc1C12CNCC1CON2. The predicted molar refractivity (Wildman–Crippen MR) is 61.2 cm³/mol. The fourth-order valence-corrected chi connectivity index (χ4v) is 2.92. The van der Waals surface area contributed by atoms with Gasteiger partial charge in [-0.1, -0.05) is 15.9 Å². The standard InChI is InChI=1S/C11H12BrFN2O/c12-8-1-2-10(13)9(3-8)11-6-14-4-7(11)5-16-15-11/h1-3,7,14-15H,4-6H2. The lowest BCUT2D eigenvalue weighted by Crippen LogP contribution is -2.43. The Labute approximate surface area is 101 Å². The van der Waals surface area contributed by atoms with Gasteiger partial charge in [0.25, 0.3) is 0 Å². The van der Waals surface area contributed by atoms with Crippen LogP contribution in [-0.2, 0) is 10.4 Å². The molecule has 2 aliphatic heterocycles. The van der Waals surface area contributed by atoms with Gasteiger partial charge in [-0.05, 0) is 18.2 Å². The third-order valence-electron chi connectivity index (χ3n) is 3.44. The molecule has 2 unspecified atom stereocenters. The highest BCUT2D eigenvalue weighted by molar-refractivity contribution is 9.10. The molecule has 2 fully saturated rings. The molecule has 0 bridgehead atoms. The van der Waals surface area contributed by atoms with Crippen molar-refractivity contribution in [1.29, 1.82) is 0 Å². The van der Waals surface area contributed by atoms with Crippen LogP contribution in [0.2, 0.25) is 0 Å². The predicted octanol–water partition coefficient (Wildman–Crippen LogP) is 1.54. The van der Waals surface area contributed by atoms with Gasteiger partial charge in [-0.2, -0.15) is 5.48 Å². The quantitative estimate of drug-likeness (QED) is 0.822. The van der Waals surface area contributed by atoms with Crippen molar-refractivity contribution < 1.29 is 9.23 Å². The summed E-state index contributed by atoms with van der Waals surface area (Å²) >= 11 is 3.38. The van der Waals surface area contributed by atoms with Gasteiger partial charge >= 0.3 is 0 Å². The minimum Gasteiger partial charge on any atom is -0.314 e. The summed E-state index contributed by atoms with van der Waals surface area (Å²) in [4.78, 5) is 5.29. The van der Waals surface area contributed by atoms with Crippen molar-refractivity contribution in [3.8, 4) is 0 Å². The molecular formula is C11H12BrFN2O. The van der Waals surface area contributed by atoms with E-state index in [0.717, 1.165) is 11.0 Å². The number of hydrogen-bond donors (Lipinski definition) is 2. The first-order chi connectivity index (χ1) is 7.72. The van der Waals surface area contributed by atoms with Crippen molar-refractivity contribution in [3.05, 3.63) is 34.1 Å². The zero-order valence-electron chi connectivity index (χ0n) is 8.59. The lowest BCUT2D eigenvalue weighted by molar-refractivity contribution is 0.0589. The number of hydroxylamine groups is 1. The summed E-state index contributed by atoms with van der Waals surface area (Å²) < 4.78 is 14.8. The largest absolute Gasteiger partial charge is 0.314 e. The van der Waals surface area contributed by atoms with Crippen molar-refractivity contribution in [3.63, 3.8) is 0 Å². The van der Waals surface area contributed by atoms with E-state index in [9.17, 15) is 4.39 Å². The van der Waals surface area contributed by atoms with Crippen LogP contribution in [0.4, 0.5) is 4.39 Å². The van der Waals surface area contributed by atoms with E-state index in [1.807, 2.05) is 6.07 Å². The highest BCUT2D eigenvalue weighted by Crippen LogP contribution is 2.39. The summed E-state index contributed by atoms with van der Waals surface area (Å²) in [5.74, 6) is 0.103. The summed E-state index contributed by atoms with van der Waals surface area (Å²) in [6.07, 6.45) is 0. The van der Waals surface area contributed by atoms with E-state index in [1.165, 1.54) is 6.07 Å². The van der Waals surface area contributed by atoms with E-state index in [0.29, 0.717) is 18.7 Å². The van der Waals surface area contributed by atoms with E-state index >= 15 is 0 Å². The molecule has 0 radical (unpaired) electrons. The Bertz CT molecular complexity index is 416. The Kier molecular flexibility index (Phi) is 2.51. The van der Waals surface area contributed by atoms with Crippen LogP contribution in [0, 0.1) is 11.7 Å². The van der Waals surface area contributed by atoms with Crippen LogP contribution in [0.15, 0.2) is 22.7 Å². The molecule has 5 heteroatoms. The maximum atomic E-state index is 13.9. The van der Waals surface area contributed by atoms with Gasteiger partial charge in [0.2, 0.25) is 0 Å². The first-order valence-corrected chi connectivity index (χ1v) is 6.07. The molecule has 2 aliphatic rings. The normalized spacial score (nSPS) is 33.0. The molecule has 2 heterocycles. The maximum Gasteiger partial charge on any atom is 0.128 e. The lowest BCUT2D eigenvalue weighted by atomic mass is 9.82. The van der Waals surface area contributed by atoms with Gasteiger partial charge in [0.05, 0.1) is 12.1 Å². The van der Waals surface area contributed by atoms with Crippen LogP contribution in [0.1, 0.15) is 5.56 Å². The molecule has 0 saturated carbocycles. The fraction of sp³-hybridized carbons (Fsp3) is 0.455. The second-order valence-electron chi connectivity index (χ2n) is 4.34. The van der Waals surface area contributed by atoms with Crippen LogP contribution in [0.5, 0.6) is 0 Å². The van der Waals surface area contributed by atoms with Crippen LogP contribution in [-0.4, -0.2) is 19.7 Å². The van der Waals surface area contributed by atoms with Gasteiger partial charge in [-0.3, -0.25) is 0 Å². The van der Waals surface area contributed by atoms with E-state index in [2.05, 4.69) is 26.7 Å². The Morgan fingerprint density at radius 2 is 2.38 bits per heavy atom. The average Bonchev–Trinajstić information content (AvgIpc) is 2.80. The van der Waals surface area contributed by atoms with E-state index in [-0.39, 0.29) is 11.7 Å². The van der Waals surface area contributed by atoms with E-state index in [4.69, 9.17) is 4.84 Å². The lowest BCUT2D eigenvalue weighted by Gasteiger charge is -2.27. The van der Waals surface area contributed by atoms with Crippen LogP contribution < -0.4 is 10.8 Å². The van der Waals surface area contributed by atoms with Gasteiger partial charge in [0.15, 0.2) is 0 Å². The van der Waals surface area contributed by atoms with Crippen molar-refractivity contribution in [1.82, 2.24) is 10.8 Å². The maximum absolute atomic E-state index is 13.9. The van der Waals surface area contributed by atoms with Crippen molar-refractivity contribution in [2.45, 2.75) is 5.54 Å². The first-order valence-electron chi connectivity index (χ1n) is 5.27. The minimum absolute atomic E-state index is 0.185. The van der Waals surface area contributed by atoms with Crippen molar-refractivity contribution >= 4 is 15.9 Å². The van der Waals surface area contributed by atoms with Crippen molar-refractivity contribution in [2.75, 3.05) is 19.7 Å². The number of nitrogens with one attached hydrogen (secondary N) is 2. The third kappa shape index (κ3) is 1.43. The van der Waals surface area contributed by atoms with Gasteiger partial charge in [0, 0.05) is 29.0 Å². The minimum atomic E-state index is -0.409. The van der Waals surface area contributed by atoms with Gasteiger partial charge < -0.3 is 10.2 Å². The van der Waals surface area contributed by atoms with Crippen LogP contribution in [0.25, 0.3) is 0 Å². The van der Waals surface area contributed by atoms with E-state index in [1.54, 1.807) is 6.07 Å². The highest BCUT2D eigenvalue weighted by atomic mass is 79.9. The number of hydrogen-bond acceptors (Lipinski definition) is 3. The summed E-state index contributed by atoms with van der Waals surface area (Å²) in [5.41, 5.74) is 3.26. The van der Waals surface area contributed by atoms with E-state index < -0.39 is 5.54 Å². The first kappa shape index (κ1) is 10.7. The zero-order valence-corrected chi connectivity index (χ0v) is 10.2. The number of benzene rings is 1. The Hall–Kier alpha value is -0.490. The number of fused-ring (bicyclic) bond motifs is 1. The molecule has 1 aromatic carbocycles. The summed E-state index contributed by atoms with van der Waals surface area (Å²) in [7, 11) is 0. The molecule has 0 aliphatic carbocycles. The molecule has 2 atom stereocenters. The summed E-state index contributed by atoms with van der Waals surface area (Å²) in [6, 6.07) is 5.03. The average molecular weight is 287 g/mol. The molecule has 0 spiro atoms. The van der Waals surface area contributed by atoms with Crippen molar-refractivity contribution in [2.24, 2.45) is 5.92 Å². The van der Waals surface area contributed by atoms with Crippen LogP contribution >= 0.6 is 15.9 Å². The molecule has 2 N–H and O–H groups in total. The fourth-order valence-electron chi connectivity index (χ4n) is 2.56. The van der Waals surface area contributed by atoms with Gasteiger partial charge in [-0.25, -0.2) is 4.39 Å². The molecule has 3 rings (SSSR count). The Morgan fingerprint density at radius 1 is 1.50 bits per heavy atom. The second kappa shape index (κ2) is 3.77. The molecule has 0 amide bonds. The number of halogens is 2. The Balaban J connectivity index is 2.11. The second-order valence-corrected chi connectivity index (χ2v) is 5.25. The smallest absolute Gasteiger partial charge is 0.128 e. The molecular weight excluding hydrogens is 275 g/mol. The Morgan fingerprint density at radius 3 is 3.25 bits per heavy atom. The topological polar surface area (TPSA) is 33.3 Å². The molecule has 2 saturated heterocycles. The molecule has 0 aromatic heterocycles. The summed E-state index contributed by atoms with van der Waals surface area (Å²) in [5, 5.41) is 3.29. The molecule has 16 heavy (non-hydrogen) atoms. The summed E-state index contributed by atoms with van der Waals surface area (Å²) in [6.45, 7) is 2.18. The molecule has 3 nitrogen and oxygen atoms in total. The third-order valence-corrected chi connectivity index (χ3v) is 3.93. The molecule has 1 aromatic rings. The highest BCUT2D eigenvalue weighted by Gasteiger charge is 2.50. The number of rotatable bonds is 1.